The number of hydrogen-bond donors (Lipinski definition) is 1. The van der Waals surface area contributed by atoms with Crippen LogP contribution in [0.5, 0.6) is 0 Å². The van der Waals surface area contributed by atoms with Gasteiger partial charge in [-0.05, 0) is 55.8 Å². The largest absolute Gasteiger partial charge is 0.393 e. The number of aliphatic hydroxyl groups is 1. The minimum absolute atomic E-state index is 0.182. The summed E-state index contributed by atoms with van der Waals surface area (Å²) in [7, 11) is 0. The van der Waals surface area contributed by atoms with Crippen molar-refractivity contribution in [2.24, 2.45) is 23.2 Å². The number of rotatable bonds is 3. The Hall–Kier alpha value is -0.300. The summed E-state index contributed by atoms with van der Waals surface area (Å²) in [6.45, 7) is 8.86. The molecule has 0 aromatic carbocycles. The molecule has 0 heterocycles. The Morgan fingerprint density at radius 2 is 2.06 bits per heavy atom. The van der Waals surface area contributed by atoms with Gasteiger partial charge < -0.3 is 5.11 Å². The van der Waals surface area contributed by atoms with E-state index in [1.54, 1.807) is 5.57 Å². The molecule has 16 heavy (non-hydrogen) atoms. The van der Waals surface area contributed by atoms with Crippen LogP contribution < -0.4 is 0 Å². The normalized spacial score (nSPS) is 37.9. The van der Waals surface area contributed by atoms with Gasteiger partial charge in [0.2, 0.25) is 0 Å². The van der Waals surface area contributed by atoms with Crippen LogP contribution in [-0.2, 0) is 0 Å². The molecule has 2 rings (SSSR count). The minimum atomic E-state index is -0.182. The van der Waals surface area contributed by atoms with Crippen LogP contribution in [0.4, 0.5) is 0 Å². The van der Waals surface area contributed by atoms with E-state index in [2.05, 4.69) is 26.8 Å². The first-order valence-corrected chi connectivity index (χ1v) is 6.81. The van der Waals surface area contributed by atoms with Crippen LogP contribution >= 0.6 is 0 Å². The molecule has 0 amide bonds. The number of aliphatic hydroxyl groups excluding tert-OH is 1. The van der Waals surface area contributed by atoms with E-state index in [4.69, 9.17) is 0 Å². The Bertz CT molecular complexity index is 288. The second kappa shape index (κ2) is 4.18. The molecule has 1 N–H and O–H groups in total. The van der Waals surface area contributed by atoms with E-state index in [1.807, 2.05) is 6.92 Å². The molecule has 0 aliphatic heterocycles. The Morgan fingerprint density at radius 1 is 1.38 bits per heavy atom. The summed E-state index contributed by atoms with van der Waals surface area (Å²) in [5, 5.41) is 9.53. The van der Waals surface area contributed by atoms with Crippen molar-refractivity contribution in [3.63, 3.8) is 0 Å². The smallest absolute Gasteiger partial charge is 0.0540 e. The monoisotopic (exact) mass is 222 g/mol. The number of fused-ring (bicyclic) bond motifs is 2. The molecular weight excluding hydrogens is 196 g/mol. The SMILES string of the molecule is CC(O)C(C)C/C=C1/C2CCC(C2)C1(C)C. The molecule has 1 heteroatoms. The lowest BCUT2D eigenvalue weighted by Gasteiger charge is -2.33. The second-order valence-electron chi connectivity index (χ2n) is 6.54. The standard InChI is InChI=1S/C15H26O/c1-10(11(2)16)5-8-14-12-6-7-13(9-12)15(14,3)4/h8,10-13,16H,5-7,9H2,1-4H3/b14-8-. The fourth-order valence-corrected chi connectivity index (χ4v) is 3.62. The van der Waals surface area contributed by atoms with Crippen LogP contribution in [0, 0.1) is 23.2 Å². The summed E-state index contributed by atoms with van der Waals surface area (Å²) >= 11 is 0. The predicted molar refractivity (Wildman–Crippen MR) is 68.2 cm³/mol. The summed E-state index contributed by atoms with van der Waals surface area (Å²) < 4.78 is 0. The first-order valence-electron chi connectivity index (χ1n) is 6.81. The van der Waals surface area contributed by atoms with Crippen molar-refractivity contribution in [2.75, 3.05) is 0 Å². The lowest BCUT2D eigenvalue weighted by atomic mass is 9.72. The maximum atomic E-state index is 9.53. The maximum absolute atomic E-state index is 9.53. The molecule has 4 unspecified atom stereocenters. The highest BCUT2D eigenvalue weighted by Crippen LogP contribution is 2.59. The van der Waals surface area contributed by atoms with Crippen LogP contribution in [0.25, 0.3) is 0 Å². The van der Waals surface area contributed by atoms with Gasteiger partial charge in [-0.25, -0.2) is 0 Å². The van der Waals surface area contributed by atoms with Gasteiger partial charge >= 0.3 is 0 Å². The van der Waals surface area contributed by atoms with Gasteiger partial charge in [0.05, 0.1) is 6.10 Å². The predicted octanol–water partition coefficient (Wildman–Crippen LogP) is 3.78. The van der Waals surface area contributed by atoms with Gasteiger partial charge in [0.25, 0.3) is 0 Å². The van der Waals surface area contributed by atoms with Crippen molar-refractivity contribution in [1.82, 2.24) is 0 Å². The average molecular weight is 222 g/mol. The van der Waals surface area contributed by atoms with Crippen LogP contribution in [0.3, 0.4) is 0 Å². The lowest BCUT2D eigenvalue weighted by molar-refractivity contribution is 0.136. The summed E-state index contributed by atoms with van der Waals surface area (Å²) in [5.41, 5.74) is 2.12. The van der Waals surface area contributed by atoms with Crippen LogP contribution in [0.2, 0.25) is 0 Å². The lowest BCUT2D eigenvalue weighted by Crippen LogP contribution is -2.23. The molecular formula is C15H26O. The van der Waals surface area contributed by atoms with Crippen molar-refractivity contribution in [3.8, 4) is 0 Å². The fraction of sp³-hybridized carbons (Fsp3) is 0.867. The molecule has 2 aliphatic carbocycles. The van der Waals surface area contributed by atoms with Gasteiger partial charge in [0, 0.05) is 0 Å². The van der Waals surface area contributed by atoms with Crippen molar-refractivity contribution in [2.45, 2.75) is 59.5 Å². The molecule has 92 valence electrons. The third-order valence-corrected chi connectivity index (χ3v) is 5.17. The highest BCUT2D eigenvalue weighted by Gasteiger charge is 2.48. The van der Waals surface area contributed by atoms with Crippen LogP contribution in [-0.4, -0.2) is 11.2 Å². The summed E-state index contributed by atoms with van der Waals surface area (Å²) in [6, 6.07) is 0. The van der Waals surface area contributed by atoms with Crippen molar-refractivity contribution in [1.29, 1.82) is 0 Å². The Labute approximate surface area is 99.9 Å². The van der Waals surface area contributed by atoms with Gasteiger partial charge in [0.1, 0.15) is 0 Å². The first kappa shape index (κ1) is 12.2. The summed E-state index contributed by atoms with van der Waals surface area (Å²) in [6.07, 6.45) is 7.56. The quantitative estimate of drug-likeness (QED) is 0.721. The van der Waals surface area contributed by atoms with E-state index in [1.165, 1.54) is 19.3 Å². The molecule has 0 aromatic heterocycles. The van der Waals surface area contributed by atoms with Crippen molar-refractivity contribution in [3.05, 3.63) is 11.6 Å². The third kappa shape index (κ3) is 1.95. The third-order valence-electron chi connectivity index (χ3n) is 5.17. The molecule has 2 fully saturated rings. The van der Waals surface area contributed by atoms with Gasteiger partial charge in [-0.1, -0.05) is 32.4 Å². The molecule has 0 spiro atoms. The minimum Gasteiger partial charge on any atom is -0.393 e. The zero-order chi connectivity index (χ0) is 11.9. The molecule has 2 saturated carbocycles. The zero-order valence-electron chi connectivity index (χ0n) is 11.2. The Kier molecular flexibility index (Phi) is 3.18. The summed E-state index contributed by atoms with van der Waals surface area (Å²) in [4.78, 5) is 0. The molecule has 0 aromatic rings. The summed E-state index contributed by atoms with van der Waals surface area (Å²) in [5.74, 6) is 2.18. The van der Waals surface area contributed by atoms with Crippen molar-refractivity contribution >= 4 is 0 Å². The zero-order valence-corrected chi connectivity index (χ0v) is 11.2. The van der Waals surface area contributed by atoms with E-state index in [0.29, 0.717) is 11.3 Å². The van der Waals surface area contributed by atoms with E-state index in [-0.39, 0.29) is 6.10 Å². The highest BCUT2D eigenvalue weighted by molar-refractivity contribution is 5.26. The fourth-order valence-electron chi connectivity index (χ4n) is 3.62. The van der Waals surface area contributed by atoms with E-state index >= 15 is 0 Å². The highest BCUT2D eigenvalue weighted by atomic mass is 16.3. The molecule has 0 saturated heterocycles. The van der Waals surface area contributed by atoms with Crippen LogP contribution in [0.1, 0.15) is 53.4 Å². The number of hydrogen-bond acceptors (Lipinski definition) is 1. The maximum Gasteiger partial charge on any atom is 0.0540 e. The van der Waals surface area contributed by atoms with Gasteiger partial charge in [-0.3, -0.25) is 0 Å². The molecule has 2 aliphatic rings. The van der Waals surface area contributed by atoms with E-state index in [9.17, 15) is 5.11 Å². The van der Waals surface area contributed by atoms with Crippen LogP contribution in [0.15, 0.2) is 11.6 Å². The van der Waals surface area contributed by atoms with E-state index < -0.39 is 0 Å². The molecule has 2 bridgehead atoms. The Morgan fingerprint density at radius 3 is 2.56 bits per heavy atom. The molecule has 0 radical (unpaired) electrons. The number of allylic oxidation sites excluding steroid dienone is 2. The van der Waals surface area contributed by atoms with Gasteiger partial charge in [0.15, 0.2) is 0 Å². The second-order valence-corrected chi connectivity index (χ2v) is 6.54. The van der Waals surface area contributed by atoms with Crippen molar-refractivity contribution < 1.29 is 5.11 Å². The molecule has 1 nitrogen and oxygen atoms in total. The average Bonchev–Trinajstić information content (AvgIpc) is 2.73. The Balaban J connectivity index is 2.06. The van der Waals surface area contributed by atoms with Gasteiger partial charge in [-0.2, -0.15) is 0 Å². The molecule has 4 atom stereocenters. The van der Waals surface area contributed by atoms with E-state index in [0.717, 1.165) is 18.3 Å². The first-order chi connectivity index (χ1) is 7.43. The van der Waals surface area contributed by atoms with Gasteiger partial charge in [-0.15, -0.1) is 0 Å². The topological polar surface area (TPSA) is 20.2 Å².